The molecule has 5 heteroatoms. The van der Waals surface area contributed by atoms with E-state index in [-0.39, 0.29) is 18.2 Å². The van der Waals surface area contributed by atoms with Crippen molar-refractivity contribution in [2.24, 2.45) is 5.92 Å². The van der Waals surface area contributed by atoms with E-state index in [2.05, 4.69) is 0 Å². The highest BCUT2D eigenvalue weighted by Gasteiger charge is 2.51. The standard InChI is InChI=1S/C18H31NO4/c1-17(2,3)23-16(20)19-14-9-18(21,10-15(19)12-22-11-14)13-7-5-4-6-8-13/h13-15,21H,4-12H2,1-3H3. The first-order chi connectivity index (χ1) is 10.8. The highest BCUT2D eigenvalue weighted by atomic mass is 16.6. The summed E-state index contributed by atoms with van der Waals surface area (Å²) in [6, 6.07) is -0.131. The fourth-order valence-electron chi connectivity index (χ4n) is 4.60. The number of piperidine rings is 1. The van der Waals surface area contributed by atoms with Crippen LogP contribution in [0.2, 0.25) is 0 Å². The van der Waals surface area contributed by atoms with Gasteiger partial charge in [0.05, 0.1) is 30.9 Å². The van der Waals surface area contributed by atoms with Gasteiger partial charge in [0.2, 0.25) is 0 Å². The molecule has 0 aromatic carbocycles. The number of hydrogen-bond donors (Lipinski definition) is 1. The van der Waals surface area contributed by atoms with E-state index in [1.165, 1.54) is 19.3 Å². The van der Waals surface area contributed by atoms with Gasteiger partial charge < -0.3 is 14.6 Å². The summed E-state index contributed by atoms with van der Waals surface area (Å²) < 4.78 is 11.2. The minimum Gasteiger partial charge on any atom is -0.444 e. The number of nitrogens with zero attached hydrogens (tertiary/aromatic N) is 1. The summed E-state index contributed by atoms with van der Waals surface area (Å²) in [6.45, 7) is 6.67. The third-order valence-corrected chi connectivity index (χ3v) is 5.55. The van der Waals surface area contributed by atoms with Crippen LogP contribution in [0.25, 0.3) is 0 Å². The molecule has 2 aliphatic heterocycles. The Morgan fingerprint density at radius 2 is 1.70 bits per heavy atom. The van der Waals surface area contributed by atoms with Gasteiger partial charge in [0.15, 0.2) is 0 Å². The molecular formula is C18H31NO4. The summed E-state index contributed by atoms with van der Waals surface area (Å²) in [5.74, 6) is 0.375. The topological polar surface area (TPSA) is 59.0 Å². The van der Waals surface area contributed by atoms with Gasteiger partial charge in [0, 0.05) is 0 Å². The number of hydrogen-bond acceptors (Lipinski definition) is 4. The van der Waals surface area contributed by atoms with Crippen molar-refractivity contribution in [3.63, 3.8) is 0 Å². The van der Waals surface area contributed by atoms with Crippen LogP contribution >= 0.6 is 0 Å². The van der Waals surface area contributed by atoms with E-state index in [1.54, 1.807) is 0 Å². The first-order valence-corrected chi connectivity index (χ1v) is 9.10. The molecule has 2 saturated heterocycles. The molecule has 1 amide bonds. The van der Waals surface area contributed by atoms with Crippen molar-refractivity contribution in [1.29, 1.82) is 0 Å². The molecule has 0 aromatic heterocycles. The predicted molar refractivity (Wildman–Crippen MR) is 87.2 cm³/mol. The van der Waals surface area contributed by atoms with Crippen LogP contribution in [0.1, 0.15) is 65.7 Å². The van der Waals surface area contributed by atoms with Gasteiger partial charge in [-0.1, -0.05) is 19.3 Å². The summed E-state index contributed by atoms with van der Waals surface area (Å²) in [5.41, 5.74) is -1.14. The monoisotopic (exact) mass is 325 g/mol. The van der Waals surface area contributed by atoms with E-state index < -0.39 is 11.2 Å². The second kappa shape index (κ2) is 6.25. The van der Waals surface area contributed by atoms with Crippen molar-refractivity contribution in [2.45, 2.75) is 89.0 Å². The Labute approximate surface area is 139 Å². The van der Waals surface area contributed by atoms with Crippen LogP contribution in [0, 0.1) is 5.92 Å². The number of ether oxygens (including phenoxy) is 2. The number of amides is 1. The van der Waals surface area contributed by atoms with Gasteiger partial charge in [0.1, 0.15) is 5.60 Å². The molecule has 3 fully saturated rings. The Balaban J connectivity index is 1.73. The second-order valence-corrected chi connectivity index (χ2v) is 8.58. The summed E-state index contributed by atoms with van der Waals surface area (Å²) in [6.07, 6.45) is 6.92. The SMILES string of the molecule is CC(C)(C)OC(=O)N1C2COCC1CC(O)(C1CCCCC1)C2. The lowest BCUT2D eigenvalue weighted by atomic mass is 9.68. The Morgan fingerprint density at radius 3 is 2.22 bits per heavy atom. The molecule has 3 aliphatic rings. The number of aliphatic hydroxyl groups is 1. The fourth-order valence-corrected chi connectivity index (χ4v) is 4.60. The summed E-state index contributed by atoms with van der Waals surface area (Å²) in [7, 11) is 0. The molecule has 2 unspecified atom stereocenters. The van der Waals surface area contributed by atoms with Crippen molar-refractivity contribution in [1.82, 2.24) is 4.90 Å². The molecule has 3 rings (SSSR count). The second-order valence-electron chi connectivity index (χ2n) is 8.58. The van der Waals surface area contributed by atoms with Crippen LogP contribution in [0.15, 0.2) is 0 Å². The molecule has 5 nitrogen and oxygen atoms in total. The normalized spacial score (nSPS) is 35.9. The lowest BCUT2D eigenvalue weighted by molar-refractivity contribution is -0.160. The highest BCUT2D eigenvalue weighted by molar-refractivity contribution is 5.69. The van der Waals surface area contributed by atoms with Gasteiger partial charge in [-0.3, -0.25) is 4.90 Å². The molecule has 0 spiro atoms. The van der Waals surface area contributed by atoms with E-state index >= 15 is 0 Å². The van der Waals surface area contributed by atoms with E-state index in [0.717, 1.165) is 12.8 Å². The Kier molecular flexibility index (Phi) is 4.62. The molecule has 23 heavy (non-hydrogen) atoms. The summed E-state index contributed by atoms with van der Waals surface area (Å²) in [4.78, 5) is 14.4. The Bertz CT molecular complexity index is 425. The molecule has 2 bridgehead atoms. The van der Waals surface area contributed by atoms with Gasteiger partial charge in [-0.15, -0.1) is 0 Å². The average molecular weight is 325 g/mol. The molecule has 2 atom stereocenters. The zero-order valence-corrected chi connectivity index (χ0v) is 14.7. The van der Waals surface area contributed by atoms with E-state index in [0.29, 0.717) is 32.0 Å². The predicted octanol–water partition coefficient (Wildman–Crippen LogP) is 3.10. The number of rotatable bonds is 1. The van der Waals surface area contributed by atoms with Crippen molar-refractivity contribution < 1.29 is 19.4 Å². The minimum atomic E-state index is -0.641. The molecule has 2 heterocycles. The minimum absolute atomic E-state index is 0.0655. The van der Waals surface area contributed by atoms with E-state index in [1.807, 2.05) is 25.7 Å². The van der Waals surface area contributed by atoms with Crippen LogP contribution in [0.4, 0.5) is 4.79 Å². The third kappa shape index (κ3) is 3.66. The lowest BCUT2D eigenvalue weighted by Gasteiger charge is -2.54. The molecule has 1 aliphatic carbocycles. The van der Waals surface area contributed by atoms with Gasteiger partial charge in [-0.25, -0.2) is 4.79 Å². The number of morpholine rings is 1. The molecular weight excluding hydrogens is 294 g/mol. The number of carbonyl (C=O) groups excluding carboxylic acids is 1. The number of fused-ring (bicyclic) bond motifs is 2. The quantitative estimate of drug-likeness (QED) is 0.805. The molecule has 1 N–H and O–H groups in total. The van der Waals surface area contributed by atoms with Gasteiger partial charge in [-0.05, 0) is 52.4 Å². The maximum atomic E-state index is 12.6. The van der Waals surface area contributed by atoms with Crippen molar-refractivity contribution in [2.75, 3.05) is 13.2 Å². The maximum Gasteiger partial charge on any atom is 0.410 e. The third-order valence-electron chi connectivity index (χ3n) is 5.55. The van der Waals surface area contributed by atoms with Crippen molar-refractivity contribution >= 4 is 6.09 Å². The summed E-state index contributed by atoms with van der Waals surface area (Å²) >= 11 is 0. The first-order valence-electron chi connectivity index (χ1n) is 9.10. The van der Waals surface area contributed by atoms with E-state index in [9.17, 15) is 9.90 Å². The van der Waals surface area contributed by atoms with Crippen LogP contribution < -0.4 is 0 Å². The van der Waals surface area contributed by atoms with Crippen LogP contribution in [0.5, 0.6) is 0 Å². The van der Waals surface area contributed by atoms with Crippen LogP contribution in [-0.4, -0.2) is 52.6 Å². The maximum absolute atomic E-state index is 12.6. The zero-order valence-electron chi connectivity index (χ0n) is 14.7. The smallest absolute Gasteiger partial charge is 0.410 e. The average Bonchev–Trinajstić information content (AvgIpc) is 2.45. The van der Waals surface area contributed by atoms with Crippen LogP contribution in [0.3, 0.4) is 0 Å². The molecule has 0 radical (unpaired) electrons. The highest BCUT2D eigenvalue weighted by Crippen LogP contribution is 2.44. The molecule has 1 saturated carbocycles. The summed E-state index contributed by atoms with van der Waals surface area (Å²) in [5, 5.41) is 11.3. The molecule has 132 valence electrons. The zero-order chi connectivity index (χ0) is 16.7. The largest absolute Gasteiger partial charge is 0.444 e. The van der Waals surface area contributed by atoms with Gasteiger partial charge >= 0.3 is 6.09 Å². The Morgan fingerprint density at radius 1 is 1.13 bits per heavy atom. The van der Waals surface area contributed by atoms with Gasteiger partial charge in [0.25, 0.3) is 0 Å². The van der Waals surface area contributed by atoms with Crippen molar-refractivity contribution in [3.05, 3.63) is 0 Å². The van der Waals surface area contributed by atoms with Crippen LogP contribution in [-0.2, 0) is 9.47 Å². The number of carbonyl (C=O) groups is 1. The Hall–Kier alpha value is -0.810. The first kappa shape index (κ1) is 17.0. The van der Waals surface area contributed by atoms with Crippen molar-refractivity contribution in [3.8, 4) is 0 Å². The van der Waals surface area contributed by atoms with Gasteiger partial charge in [-0.2, -0.15) is 0 Å². The lowest BCUT2D eigenvalue weighted by Crippen LogP contribution is -2.65. The molecule has 0 aromatic rings. The fraction of sp³-hybridized carbons (Fsp3) is 0.944. The van der Waals surface area contributed by atoms with E-state index in [4.69, 9.17) is 9.47 Å².